The van der Waals surface area contributed by atoms with Crippen LogP contribution in [0.3, 0.4) is 0 Å². The Balaban J connectivity index is 2.49. The van der Waals surface area contributed by atoms with Gasteiger partial charge in [-0.2, -0.15) is 0 Å². The smallest absolute Gasteiger partial charge is 0.251 e. The van der Waals surface area contributed by atoms with Gasteiger partial charge in [-0.05, 0) is 6.42 Å². The van der Waals surface area contributed by atoms with E-state index in [-0.39, 0.29) is 5.56 Å². The fourth-order valence-electron chi connectivity index (χ4n) is 1.55. The molecule has 6 heteroatoms. The zero-order valence-electron chi connectivity index (χ0n) is 11.0. The third kappa shape index (κ3) is 5.90. The molecule has 0 spiro atoms. The Bertz CT molecular complexity index is 392. The van der Waals surface area contributed by atoms with Gasteiger partial charge in [-0.25, -0.2) is 4.98 Å². The van der Waals surface area contributed by atoms with Crippen molar-refractivity contribution in [2.75, 3.05) is 34.0 Å². The van der Waals surface area contributed by atoms with Gasteiger partial charge < -0.3 is 19.8 Å². The summed E-state index contributed by atoms with van der Waals surface area (Å²) in [6.45, 7) is 2.62. The van der Waals surface area contributed by atoms with Crippen LogP contribution in [-0.2, 0) is 22.4 Å². The standard InChI is InChI=1S/C12H21N3O3/c1-17-6-3-4-11-14-10(8-12(16)15-11)9-13-5-7-18-2/h8,13H,3-7,9H2,1-2H3,(H,14,15,16). The van der Waals surface area contributed by atoms with E-state index in [2.05, 4.69) is 15.3 Å². The topological polar surface area (TPSA) is 76.2 Å². The highest BCUT2D eigenvalue weighted by Gasteiger charge is 2.01. The molecular formula is C12H21N3O3. The van der Waals surface area contributed by atoms with Gasteiger partial charge in [-0.1, -0.05) is 0 Å². The summed E-state index contributed by atoms with van der Waals surface area (Å²) in [7, 11) is 3.31. The zero-order valence-corrected chi connectivity index (χ0v) is 11.0. The molecule has 0 saturated carbocycles. The Labute approximate surface area is 107 Å². The van der Waals surface area contributed by atoms with Crippen molar-refractivity contribution in [1.82, 2.24) is 15.3 Å². The van der Waals surface area contributed by atoms with Gasteiger partial charge in [-0.15, -0.1) is 0 Å². The normalized spacial score (nSPS) is 10.8. The number of methoxy groups -OCH3 is 2. The maximum atomic E-state index is 11.5. The van der Waals surface area contributed by atoms with Crippen molar-refractivity contribution >= 4 is 0 Å². The molecule has 0 aliphatic carbocycles. The van der Waals surface area contributed by atoms with E-state index in [0.29, 0.717) is 25.6 Å². The second-order valence-electron chi connectivity index (χ2n) is 3.95. The Morgan fingerprint density at radius 1 is 1.33 bits per heavy atom. The third-order valence-corrected chi connectivity index (χ3v) is 2.39. The summed E-state index contributed by atoms with van der Waals surface area (Å²) in [5.74, 6) is 0.711. The SMILES string of the molecule is COCCCc1nc(CNCCOC)cc(=O)[nH]1. The van der Waals surface area contributed by atoms with Crippen molar-refractivity contribution in [2.45, 2.75) is 19.4 Å². The first-order valence-electron chi connectivity index (χ1n) is 6.04. The third-order valence-electron chi connectivity index (χ3n) is 2.39. The Hall–Kier alpha value is -1.24. The number of H-pyrrole nitrogens is 1. The summed E-state index contributed by atoms with van der Waals surface area (Å²) < 4.78 is 9.90. The number of nitrogens with zero attached hydrogens (tertiary/aromatic N) is 1. The number of rotatable bonds is 9. The molecule has 0 bridgehead atoms. The summed E-state index contributed by atoms with van der Waals surface area (Å²) in [5.41, 5.74) is 0.642. The van der Waals surface area contributed by atoms with Gasteiger partial charge in [0, 0.05) is 46.4 Å². The Kier molecular flexibility index (Phi) is 7.24. The largest absolute Gasteiger partial charge is 0.385 e. The van der Waals surface area contributed by atoms with Crippen molar-refractivity contribution in [3.63, 3.8) is 0 Å². The van der Waals surface area contributed by atoms with E-state index in [1.165, 1.54) is 6.07 Å². The van der Waals surface area contributed by atoms with Gasteiger partial charge in [0.05, 0.1) is 12.3 Å². The molecule has 1 aromatic heterocycles. The second-order valence-corrected chi connectivity index (χ2v) is 3.95. The Morgan fingerprint density at radius 3 is 2.83 bits per heavy atom. The predicted octanol–water partition coefficient (Wildman–Crippen LogP) is 0.0849. The van der Waals surface area contributed by atoms with E-state index in [1.807, 2.05) is 0 Å². The molecule has 0 atom stereocenters. The van der Waals surface area contributed by atoms with E-state index in [1.54, 1.807) is 14.2 Å². The number of hydrogen-bond donors (Lipinski definition) is 2. The number of hydrogen-bond acceptors (Lipinski definition) is 5. The molecule has 1 heterocycles. The van der Waals surface area contributed by atoms with Gasteiger partial charge in [-0.3, -0.25) is 4.79 Å². The number of aryl methyl sites for hydroxylation is 1. The highest BCUT2D eigenvalue weighted by atomic mass is 16.5. The van der Waals surface area contributed by atoms with E-state index in [9.17, 15) is 4.79 Å². The highest BCUT2D eigenvalue weighted by molar-refractivity contribution is 5.02. The van der Waals surface area contributed by atoms with Gasteiger partial charge in [0.15, 0.2) is 0 Å². The van der Waals surface area contributed by atoms with Crippen LogP contribution in [0.2, 0.25) is 0 Å². The maximum Gasteiger partial charge on any atom is 0.251 e. The fraction of sp³-hybridized carbons (Fsp3) is 0.667. The van der Waals surface area contributed by atoms with Crippen LogP contribution in [0.4, 0.5) is 0 Å². The number of nitrogens with one attached hydrogen (secondary N) is 2. The molecule has 0 radical (unpaired) electrons. The molecule has 0 unspecified atom stereocenters. The zero-order chi connectivity index (χ0) is 13.2. The van der Waals surface area contributed by atoms with E-state index in [4.69, 9.17) is 9.47 Å². The number of ether oxygens (including phenoxy) is 2. The summed E-state index contributed by atoms with van der Waals surface area (Å²) in [4.78, 5) is 18.6. The summed E-state index contributed by atoms with van der Waals surface area (Å²) in [5, 5.41) is 3.16. The molecule has 0 aromatic carbocycles. The second kappa shape index (κ2) is 8.79. The van der Waals surface area contributed by atoms with Crippen molar-refractivity contribution in [3.8, 4) is 0 Å². The molecule has 6 nitrogen and oxygen atoms in total. The lowest BCUT2D eigenvalue weighted by Crippen LogP contribution is -2.22. The molecule has 0 aliphatic rings. The lowest BCUT2D eigenvalue weighted by Gasteiger charge is -2.05. The molecule has 1 rings (SSSR count). The highest BCUT2D eigenvalue weighted by Crippen LogP contribution is 1.96. The molecular weight excluding hydrogens is 234 g/mol. The van der Waals surface area contributed by atoms with Crippen LogP contribution < -0.4 is 10.9 Å². The first-order valence-corrected chi connectivity index (χ1v) is 6.04. The molecule has 1 aromatic rings. The average molecular weight is 255 g/mol. The van der Waals surface area contributed by atoms with Gasteiger partial charge in [0.1, 0.15) is 5.82 Å². The van der Waals surface area contributed by atoms with Crippen LogP contribution in [-0.4, -0.2) is 43.9 Å². The number of aromatic nitrogens is 2. The molecule has 2 N–H and O–H groups in total. The quantitative estimate of drug-likeness (QED) is 0.611. The van der Waals surface area contributed by atoms with E-state index >= 15 is 0 Å². The van der Waals surface area contributed by atoms with Crippen LogP contribution in [0, 0.1) is 0 Å². The summed E-state index contributed by atoms with van der Waals surface area (Å²) >= 11 is 0. The monoisotopic (exact) mass is 255 g/mol. The minimum absolute atomic E-state index is 0.110. The van der Waals surface area contributed by atoms with Crippen molar-refractivity contribution < 1.29 is 9.47 Å². The first-order chi connectivity index (χ1) is 8.76. The fourth-order valence-corrected chi connectivity index (χ4v) is 1.55. The number of aromatic amines is 1. The lowest BCUT2D eigenvalue weighted by atomic mass is 10.3. The van der Waals surface area contributed by atoms with Crippen LogP contribution >= 0.6 is 0 Å². The predicted molar refractivity (Wildman–Crippen MR) is 68.6 cm³/mol. The van der Waals surface area contributed by atoms with E-state index < -0.39 is 0 Å². The molecule has 0 aliphatic heterocycles. The molecule has 102 valence electrons. The molecule has 0 saturated heterocycles. The minimum Gasteiger partial charge on any atom is -0.385 e. The summed E-state index contributed by atoms with van der Waals surface area (Å²) in [6, 6.07) is 1.51. The van der Waals surface area contributed by atoms with Gasteiger partial charge in [0.2, 0.25) is 0 Å². The maximum absolute atomic E-state index is 11.5. The van der Waals surface area contributed by atoms with E-state index in [0.717, 1.165) is 25.1 Å². The molecule has 18 heavy (non-hydrogen) atoms. The molecule has 0 amide bonds. The summed E-state index contributed by atoms with van der Waals surface area (Å²) in [6.07, 6.45) is 1.56. The van der Waals surface area contributed by atoms with Gasteiger partial charge >= 0.3 is 0 Å². The van der Waals surface area contributed by atoms with Crippen LogP contribution in [0.5, 0.6) is 0 Å². The van der Waals surface area contributed by atoms with Crippen molar-refractivity contribution in [2.24, 2.45) is 0 Å². The van der Waals surface area contributed by atoms with Crippen LogP contribution in [0.25, 0.3) is 0 Å². The first kappa shape index (κ1) is 14.8. The lowest BCUT2D eigenvalue weighted by molar-refractivity contribution is 0.194. The van der Waals surface area contributed by atoms with Crippen LogP contribution in [0.1, 0.15) is 17.9 Å². The van der Waals surface area contributed by atoms with Gasteiger partial charge in [0.25, 0.3) is 5.56 Å². The molecule has 0 fully saturated rings. The van der Waals surface area contributed by atoms with Crippen LogP contribution in [0.15, 0.2) is 10.9 Å². The Morgan fingerprint density at radius 2 is 2.11 bits per heavy atom. The van der Waals surface area contributed by atoms with Crippen molar-refractivity contribution in [3.05, 3.63) is 27.9 Å². The average Bonchev–Trinajstić information content (AvgIpc) is 2.34. The van der Waals surface area contributed by atoms with Crippen molar-refractivity contribution in [1.29, 1.82) is 0 Å². The minimum atomic E-state index is -0.110.